The lowest BCUT2D eigenvalue weighted by atomic mass is 9.75. The lowest BCUT2D eigenvalue weighted by Gasteiger charge is -2.47. The number of ether oxygens (including phenoxy) is 8. The predicted octanol–water partition coefficient (Wildman–Crippen LogP) is 10.1. The van der Waals surface area contributed by atoms with Crippen molar-refractivity contribution in [3.63, 3.8) is 0 Å². The van der Waals surface area contributed by atoms with Gasteiger partial charge >= 0.3 is 23.9 Å². The van der Waals surface area contributed by atoms with Gasteiger partial charge in [-0.05, 0) is 127 Å². The summed E-state index contributed by atoms with van der Waals surface area (Å²) in [4.78, 5) is 55.4. The second-order valence-electron chi connectivity index (χ2n) is 16.0. The van der Waals surface area contributed by atoms with E-state index in [2.05, 4.69) is 52.6 Å². The van der Waals surface area contributed by atoms with E-state index in [-0.39, 0.29) is 29.1 Å². The number of esters is 4. The maximum atomic E-state index is 14.1. The van der Waals surface area contributed by atoms with Gasteiger partial charge in [-0.2, -0.15) is 0 Å². The molecule has 12 nitrogen and oxygen atoms in total. The van der Waals surface area contributed by atoms with Crippen LogP contribution in [0.4, 0.5) is 0 Å². The van der Waals surface area contributed by atoms with Crippen LogP contribution in [0.3, 0.4) is 0 Å². The molecule has 2 aliphatic rings. The summed E-state index contributed by atoms with van der Waals surface area (Å²) < 4.78 is 50.0. The average molecular weight is 1000 g/mol. The van der Waals surface area contributed by atoms with Crippen molar-refractivity contribution in [2.75, 3.05) is 20.8 Å². The second-order valence-corrected chi connectivity index (χ2v) is 17.9. The molecular weight excluding hydrogens is 952 g/mol. The molecule has 0 spiro atoms. The molecule has 1 saturated carbocycles. The summed E-state index contributed by atoms with van der Waals surface area (Å²) in [5.74, 6) is -1.19. The van der Waals surface area contributed by atoms with Gasteiger partial charge in [-0.1, -0.05) is 83.3 Å². The molecule has 8 atom stereocenters. The van der Waals surface area contributed by atoms with Gasteiger partial charge in [0.15, 0.2) is 24.6 Å². The number of carbonyl (C=O) groups excluding carboxylic acids is 4. The number of rotatable bonds is 16. The molecule has 0 unspecified atom stereocenters. The van der Waals surface area contributed by atoms with E-state index >= 15 is 0 Å². The molecule has 0 N–H and O–H groups in total. The van der Waals surface area contributed by atoms with Crippen LogP contribution in [-0.4, -0.2) is 81.5 Å². The van der Waals surface area contributed by atoms with Crippen molar-refractivity contribution in [3.05, 3.63) is 140 Å². The van der Waals surface area contributed by atoms with Gasteiger partial charge in [0, 0.05) is 21.1 Å². The summed E-state index contributed by atoms with van der Waals surface area (Å²) in [6, 6.07) is 27.1. The largest absolute Gasteiger partial charge is 0.497 e. The number of hydrogen-bond donors (Lipinski definition) is 0. The van der Waals surface area contributed by atoms with Crippen LogP contribution < -0.4 is 9.47 Å². The van der Waals surface area contributed by atoms with E-state index in [0.29, 0.717) is 35.0 Å². The highest BCUT2D eigenvalue weighted by Crippen LogP contribution is 2.39. The quantitative estimate of drug-likeness (QED) is 0.0599. The van der Waals surface area contributed by atoms with E-state index < -0.39 is 61.2 Å². The molecule has 1 aliphatic carbocycles. The first-order chi connectivity index (χ1) is 30.8. The summed E-state index contributed by atoms with van der Waals surface area (Å²) in [6.07, 6.45) is 0.631. The minimum atomic E-state index is -1.54. The smallest absolute Gasteiger partial charge is 0.338 e. The Morgan fingerprint density at radius 2 is 1.16 bits per heavy atom. The van der Waals surface area contributed by atoms with Crippen LogP contribution in [0.15, 0.2) is 118 Å². The Morgan fingerprint density at radius 3 is 1.66 bits per heavy atom. The van der Waals surface area contributed by atoms with Crippen molar-refractivity contribution >= 4 is 67.9 Å². The third kappa shape index (κ3) is 13.4. The topological polar surface area (TPSA) is 142 Å². The van der Waals surface area contributed by atoms with E-state index in [0.717, 1.165) is 21.8 Å². The molecule has 0 amide bonds. The standard InChI is InChI=1S/C50H52Br2O12/c1-30(2)40-25-6-31(3)28-41(40)60-50-47(64-49(56)35-15-19-37(52)20-16-35)46(63-48(55)34-13-17-36(51)18-14-34)45(62-44(54)27-12-33-9-23-39(58-5)24-10-33)42(61-50)29-59-43(53)26-11-32-7-21-38(57-4)22-8-32/h7-24,26-27,30-31,40-42,45-47,50H,6,25,28-29H2,1-5H3/b26-11+,27-12+/t31-,40+,41-,42-,45-,46+,47-,50-/m1/s1. The number of halogens is 2. The molecule has 4 aromatic rings. The first kappa shape index (κ1) is 48.2. The molecule has 4 aromatic carbocycles. The Balaban J connectivity index is 1.40. The van der Waals surface area contributed by atoms with E-state index in [9.17, 15) is 19.2 Å². The highest BCUT2D eigenvalue weighted by atomic mass is 79.9. The number of hydrogen-bond acceptors (Lipinski definition) is 12. The Labute approximate surface area is 390 Å². The van der Waals surface area contributed by atoms with Crippen LogP contribution in [0, 0.1) is 17.8 Å². The van der Waals surface area contributed by atoms with Crippen molar-refractivity contribution < 1.29 is 57.1 Å². The molecule has 0 bridgehead atoms. The van der Waals surface area contributed by atoms with Crippen LogP contribution in [0.1, 0.15) is 71.9 Å². The van der Waals surface area contributed by atoms with Gasteiger partial charge in [-0.15, -0.1) is 0 Å². The van der Waals surface area contributed by atoms with Gasteiger partial charge in [-0.3, -0.25) is 0 Å². The van der Waals surface area contributed by atoms with Crippen LogP contribution in [0.5, 0.6) is 11.5 Å². The zero-order valence-corrected chi connectivity index (χ0v) is 39.4. The fraction of sp³-hybridized carbons (Fsp3) is 0.360. The molecule has 1 heterocycles. The molecule has 0 aromatic heterocycles. The zero-order chi connectivity index (χ0) is 45.8. The third-order valence-electron chi connectivity index (χ3n) is 11.2. The lowest BCUT2D eigenvalue weighted by molar-refractivity contribution is -0.318. The Hall–Kier alpha value is -5.28. The van der Waals surface area contributed by atoms with Gasteiger partial charge < -0.3 is 37.9 Å². The maximum Gasteiger partial charge on any atom is 0.338 e. The van der Waals surface area contributed by atoms with Crippen molar-refractivity contribution in [3.8, 4) is 11.5 Å². The van der Waals surface area contributed by atoms with E-state index in [4.69, 9.17) is 37.9 Å². The minimum Gasteiger partial charge on any atom is -0.497 e. The molecule has 338 valence electrons. The second kappa shape index (κ2) is 23.1. The van der Waals surface area contributed by atoms with Gasteiger partial charge in [0.05, 0.1) is 31.5 Å². The lowest BCUT2D eigenvalue weighted by Crippen LogP contribution is -2.63. The van der Waals surface area contributed by atoms with Crippen molar-refractivity contribution in [1.82, 2.24) is 0 Å². The van der Waals surface area contributed by atoms with Gasteiger partial charge in [0.1, 0.15) is 24.2 Å². The molecule has 6 rings (SSSR count). The molecule has 64 heavy (non-hydrogen) atoms. The monoisotopic (exact) mass is 1000 g/mol. The minimum absolute atomic E-state index is 0.115. The Morgan fingerprint density at radius 1 is 0.656 bits per heavy atom. The van der Waals surface area contributed by atoms with Gasteiger partial charge in [0.25, 0.3) is 0 Å². The van der Waals surface area contributed by atoms with E-state index in [1.54, 1.807) is 123 Å². The first-order valence-electron chi connectivity index (χ1n) is 21.1. The SMILES string of the molecule is COc1ccc(/C=C/C(=O)OC[C@H]2O[C@@H](O[C@@H]3C[C@H](C)CC[C@H]3C(C)C)[C@H](OC(=O)c3ccc(Br)cc3)[C@@H](OC(=O)c3ccc(Br)cc3)[C@@H]2OC(=O)/C=C/c2ccc(OC)cc2)cc1. The number of benzene rings is 4. The van der Waals surface area contributed by atoms with Crippen molar-refractivity contribution in [1.29, 1.82) is 0 Å². The molecule has 1 aliphatic heterocycles. The summed E-state index contributed by atoms with van der Waals surface area (Å²) in [5.41, 5.74) is 1.75. The summed E-state index contributed by atoms with van der Waals surface area (Å²) in [6.45, 7) is 5.94. The third-order valence-corrected chi connectivity index (χ3v) is 12.3. The number of carbonyl (C=O) groups is 4. The van der Waals surface area contributed by atoms with Gasteiger partial charge in [0.2, 0.25) is 0 Å². The van der Waals surface area contributed by atoms with E-state index in [1.807, 2.05) is 0 Å². The highest BCUT2D eigenvalue weighted by molar-refractivity contribution is 9.10. The van der Waals surface area contributed by atoms with Crippen LogP contribution in [0.25, 0.3) is 12.2 Å². The average Bonchev–Trinajstić information content (AvgIpc) is 3.29. The van der Waals surface area contributed by atoms with Crippen molar-refractivity contribution in [2.24, 2.45) is 17.8 Å². The zero-order valence-electron chi connectivity index (χ0n) is 36.2. The fourth-order valence-corrected chi connectivity index (χ4v) is 8.20. The molecule has 2 fully saturated rings. The highest BCUT2D eigenvalue weighted by Gasteiger charge is 2.54. The van der Waals surface area contributed by atoms with Crippen molar-refractivity contribution in [2.45, 2.75) is 76.8 Å². The summed E-state index contributed by atoms with van der Waals surface area (Å²) >= 11 is 6.81. The molecular formula is C50H52Br2O12. The molecule has 14 heteroatoms. The fourth-order valence-electron chi connectivity index (χ4n) is 7.67. The molecule has 1 saturated heterocycles. The Kier molecular flexibility index (Phi) is 17.4. The normalized spacial score (nSPS) is 23.4. The van der Waals surface area contributed by atoms with E-state index in [1.165, 1.54) is 12.2 Å². The summed E-state index contributed by atoms with van der Waals surface area (Å²) in [7, 11) is 3.11. The molecule has 0 radical (unpaired) electrons. The van der Waals surface area contributed by atoms with Gasteiger partial charge in [-0.25, -0.2) is 19.2 Å². The predicted molar refractivity (Wildman–Crippen MR) is 246 cm³/mol. The van der Waals surface area contributed by atoms with Crippen LogP contribution in [-0.2, 0) is 38.0 Å². The maximum absolute atomic E-state index is 14.1. The summed E-state index contributed by atoms with van der Waals surface area (Å²) in [5, 5.41) is 0. The van der Waals surface area contributed by atoms with Crippen LogP contribution in [0.2, 0.25) is 0 Å². The first-order valence-corrected chi connectivity index (χ1v) is 22.6. The Bertz CT molecular complexity index is 2240. The van der Waals surface area contributed by atoms with Crippen LogP contribution >= 0.6 is 31.9 Å². The number of methoxy groups -OCH3 is 2.